The van der Waals surface area contributed by atoms with Crippen molar-refractivity contribution in [1.29, 1.82) is 0 Å². The molecule has 0 spiro atoms. The van der Waals surface area contributed by atoms with Crippen molar-refractivity contribution in [2.24, 2.45) is 11.8 Å². The second-order valence-electron chi connectivity index (χ2n) is 8.41. The average molecular weight is 422 g/mol. The molecule has 1 aliphatic carbocycles. The van der Waals surface area contributed by atoms with Crippen molar-refractivity contribution in [2.45, 2.75) is 45.7 Å². The molecule has 1 saturated carbocycles. The summed E-state index contributed by atoms with van der Waals surface area (Å²) in [6, 6.07) is 15.1. The van der Waals surface area contributed by atoms with Crippen LogP contribution in [0.25, 0.3) is 10.9 Å². The molecule has 4 rings (SSSR count). The van der Waals surface area contributed by atoms with Crippen LogP contribution in [0.3, 0.4) is 0 Å². The van der Waals surface area contributed by atoms with Gasteiger partial charge >= 0.3 is 0 Å². The molecule has 0 radical (unpaired) electrons. The molecular formula is C24H27N3O2S. The van der Waals surface area contributed by atoms with E-state index in [1.807, 2.05) is 30.3 Å². The van der Waals surface area contributed by atoms with E-state index in [0.29, 0.717) is 39.6 Å². The van der Waals surface area contributed by atoms with Crippen molar-refractivity contribution < 1.29 is 4.79 Å². The number of hydrogen-bond donors (Lipinski definition) is 2. The van der Waals surface area contributed by atoms with Gasteiger partial charge in [0, 0.05) is 11.6 Å². The van der Waals surface area contributed by atoms with Crippen molar-refractivity contribution in [1.82, 2.24) is 14.9 Å². The van der Waals surface area contributed by atoms with Crippen LogP contribution in [0.2, 0.25) is 0 Å². The van der Waals surface area contributed by atoms with E-state index in [1.54, 1.807) is 22.8 Å². The summed E-state index contributed by atoms with van der Waals surface area (Å²) < 4.78 is 1.90. The fourth-order valence-electron chi connectivity index (χ4n) is 4.34. The van der Waals surface area contributed by atoms with Crippen LogP contribution >= 0.6 is 12.2 Å². The number of rotatable bonds is 4. The van der Waals surface area contributed by atoms with Gasteiger partial charge in [0.25, 0.3) is 11.5 Å². The van der Waals surface area contributed by atoms with Crippen molar-refractivity contribution in [2.75, 3.05) is 0 Å². The molecule has 3 aromatic rings. The Morgan fingerprint density at radius 3 is 2.70 bits per heavy atom. The average Bonchev–Trinajstić information content (AvgIpc) is 2.74. The summed E-state index contributed by atoms with van der Waals surface area (Å²) >= 11 is 5.44. The topological polar surface area (TPSA) is 66.9 Å². The Hall–Kier alpha value is -2.73. The molecular weight excluding hydrogens is 394 g/mol. The summed E-state index contributed by atoms with van der Waals surface area (Å²) in [4.78, 5) is 29.0. The van der Waals surface area contributed by atoms with Crippen molar-refractivity contribution in [3.63, 3.8) is 0 Å². The highest BCUT2D eigenvalue weighted by Gasteiger charge is 2.28. The minimum atomic E-state index is -0.153. The lowest BCUT2D eigenvalue weighted by Gasteiger charge is -2.34. The van der Waals surface area contributed by atoms with E-state index in [9.17, 15) is 9.59 Å². The van der Waals surface area contributed by atoms with Crippen LogP contribution in [0.15, 0.2) is 53.3 Å². The zero-order chi connectivity index (χ0) is 21.3. The Morgan fingerprint density at radius 2 is 1.93 bits per heavy atom. The number of amides is 1. The highest BCUT2D eigenvalue weighted by Crippen LogP contribution is 2.29. The van der Waals surface area contributed by atoms with E-state index in [2.05, 4.69) is 24.1 Å². The Labute approximate surface area is 181 Å². The first-order chi connectivity index (χ1) is 14.4. The molecule has 1 aliphatic rings. The SMILES string of the molecule is C[C@H]1[C@H](C)CCC[C@H]1NC(=O)c1ccc2c(=O)n(Cc3ccccc3)c(=S)[nH]c2c1. The number of fused-ring (bicyclic) bond motifs is 1. The maximum Gasteiger partial charge on any atom is 0.262 e. The van der Waals surface area contributed by atoms with Crippen LogP contribution in [0.1, 0.15) is 49.0 Å². The van der Waals surface area contributed by atoms with Gasteiger partial charge in [-0.05, 0) is 54.2 Å². The highest BCUT2D eigenvalue weighted by molar-refractivity contribution is 7.71. The summed E-state index contributed by atoms with van der Waals surface area (Å²) in [5, 5.41) is 3.71. The zero-order valence-corrected chi connectivity index (χ0v) is 18.2. The van der Waals surface area contributed by atoms with Crippen LogP contribution < -0.4 is 10.9 Å². The Bertz CT molecular complexity index is 1180. The number of aromatic nitrogens is 2. The van der Waals surface area contributed by atoms with E-state index < -0.39 is 0 Å². The number of nitrogens with one attached hydrogen (secondary N) is 2. The first kappa shape index (κ1) is 20.5. The molecule has 3 atom stereocenters. The molecule has 156 valence electrons. The third-order valence-corrected chi connectivity index (χ3v) is 6.77. The summed E-state index contributed by atoms with van der Waals surface area (Å²) in [5.74, 6) is 0.967. The van der Waals surface area contributed by atoms with E-state index >= 15 is 0 Å². The fraction of sp³-hybridized carbons (Fsp3) is 0.375. The summed E-state index contributed by atoms with van der Waals surface area (Å²) in [6.07, 6.45) is 3.37. The second-order valence-corrected chi connectivity index (χ2v) is 8.80. The van der Waals surface area contributed by atoms with E-state index in [4.69, 9.17) is 12.2 Å². The molecule has 30 heavy (non-hydrogen) atoms. The lowest BCUT2D eigenvalue weighted by molar-refractivity contribution is 0.0891. The van der Waals surface area contributed by atoms with Gasteiger partial charge in [-0.2, -0.15) is 0 Å². The van der Waals surface area contributed by atoms with Crippen molar-refractivity contribution in [3.05, 3.63) is 74.8 Å². The molecule has 2 N–H and O–H groups in total. The van der Waals surface area contributed by atoms with Crippen LogP contribution in [-0.4, -0.2) is 21.5 Å². The number of aromatic amines is 1. The Balaban J connectivity index is 1.62. The second kappa shape index (κ2) is 8.56. The quantitative estimate of drug-likeness (QED) is 0.602. The van der Waals surface area contributed by atoms with Crippen LogP contribution in [0.5, 0.6) is 0 Å². The molecule has 0 aliphatic heterocycles. The van der Waals surface area contributed by atoms with Crippen LogP contribution in [0, 0.1) is 16.6 Å². The summed E-state index contributed by atoms with van der Waals surface area (Å²) in [7, 11) is 0. The molecule has 0 unspecified atom stereocenters. The third-order valence-electron chi connectivity index (χ3n) is 6.45. The normalized spacial score (nSPS) is 21.5. The number of nitrogens with zero attached hydrogens (tertiary/aromatic N) is 1. The standard InChI is InChI=1S/C24H27N3O2S/c1-15-7-6-10-20(16(15)2)25-22(28)18-11-12-19-21(13-18)26-24(30)27(23(19)29)14-17-8-4-3-5-9-17/h3-5,8-9,11-13,15-16,20H,6-7,10,14H2,1-2H3,(H,25,28)(H,26,30)/t15-,16+,20-/m1/s1. The van der Waals surface area contributed by atoms with Gasteiger partial charge in [0.2, 0.25) is 0 Å². The van der Waals surface area contributed by atoms with Gasteiger partial charge < -0.3 is 10.3 Å². The van der Waals surface area contributed by atoms with Crippen molar-refractivity contribution >= 4 is 29.0 Å². The van der Waals surface area contributed by atoms with Gasteiger partial charge in [0.05, 0.1) is 17.4 Å². The molecule has 1 aromatic heterocycles. The Kier molecular flexibility index (Phi) is 5.86. The van der Waals surface area contributed by atoms with Gasteiger partial charge in [0.15, 0.2) is 4.77 Å². The summed E-state index contributed by atoms with van der Waals surface area (Å²) in [5.41, 5.74) is 1.98. The number of carbonyl (C=O) groups excluding carboxylic acids is 1. The Morgan fingerprint density at radius 1 is 1.17 bits per heavy atom. The molecule has 5 nitrogen and oxygen atoms in total. The minimum Gasteiger partial charge on any atom is -0.349 e. The molecule has 1 fully saturated rings. The molecule has 0 bridgehead atoms. The predicted molar refractivity (Wildman–Crippen MR) is 122 cm³/mol. The molecule has 2 aromatic carbocycles. The molecule has 0 saturated heterocycles. The van der Waals surface area contributed by atoms with E-state index in [1.165, 1.54) is 6.42 Å². The monoisotopic (exact) mass is 421 g/mol. The van der Waals surface area contributed by atoms with Crippen molar-refractivity contribution in [3.8, 4) is 0 Å². The highest BCUT2D eigenvalue weighted by atomic mass is 32.1. The predicted octanol–water partition coefficient (Wildman–Crippen LogP) is 4.66. The van der Waals surface area contributed by atoms with Gasteiger partial charge in [0.1, 0.15) is 0 Å². The minimum absolute atomic E-state index is 0.101. The lowest BCUT2D eigenvalue weighted by Crippen LogP contribution is -2.43. The molecule has 1 amide bonds. The third kappa shape index (κ3) is 4.10. The van der Waals surface area contributed by atoms with Gasteiger partial charge in [-0.1, -0.05) is 57.0 Å². The molecule has 6 heteroatoms. The van der Waals surface area contributed by atoms with E-state index in [0.717, 1.165) is 18.4 Å². The van der Waals surface area contributed by atoms with Crippen LogP contribution in [-0.2, 0) is 6.54 Å². The maximum atomic E-state index is 13.0. The van der Waals surface area contributed by atoms with Gasteiger partial charge in [-0.3, -0.25) is 14.2 Å². The van der Waals surface area contributed by atoms with Gasteiger partial charge in [-0.25, -0.2) is 0 Å². The zero-order valence-electron chi connectivity index (χ0n) is 17.4. The fourth-order valence-corrected chi connectivity index (χ4v) is 4.60. The largest absolute Gasteiger partial charge is 0.349 e. The molecule has 1 heterocycles. The number of carbonyl (C=O) groups is 1. The van der Waals surface area contributed by atoms with E-state index in [-0.39, 0.29) is 17.5 Å². The number of hydrogen-bond acceptors (Lipinski definition) is 3. The first-order valence-corrected chi connectivity index (χ1v) is 11.0. The van der Waals surface area contributed by atoms with Gasteiger partial charge in [-0.15, -0.1) is 0 Å². The summed E-state index contributed by atoms with van der Waals surface area (Å²) in [6.45, 7) is 4.87. The number of benzene rings is 2. The first-order valence-electron chi connectivity index (χ1n) is 10.6. The van der Waals surface area contributed by atoms with Crippen LogP contribution in [0.4, 0.5) is 0 Å². The lowest BCUT2D eigenvalue weighted by atomic mass is 9.78. The smallest absolute Gasteiger partial charge is 0.262 e. The number of H-pyrrole nitrogens is 1. The maximum absolute atomic E-state index is 13.0.